The van der Waals surface area contributed by atoms with Crippen LogP contribution in [0.2, 0.25) is 5.02 Å². The van der Waals surface area contributed by atoms with E-state index in [-0.39, 0.29) is 17.7 Å². The molecule has 2 heterocycles. The lowest BCUT2D eigenvalue weighted by Gasteiger charge is -2.29. The zero-order chi connectivity index (χ0) is 25.7. The molecule has 2 aromatic carbocycles. The van der Waals surface area contributed by atoms with Crippen molar-refractivity contribution in [1.82, 2.24) is 9.78 Å². The maximum atomic E-state index is 12.6. The minimum absolute atomic E-state index is 0.153. The van der Waals surface area contributed by atoms with Crippen molar-refractivity contribution in [2.75, 3.05) is 44.1 Å². The molecule has 1 aromatic heterocycles. The molecule has 1 aliphatic rings. The van der Waals surface area contributed by atoms with Crippen molar-refractivity contribution in [3.8, 4) is 11.1 Å². The average Bonchev–Trinajstić information content (AvgIpc) is 3.42. The highest BCUT2D eigenvalue weighted by molar-refractivity contribution is 6.34. The average molecular weight is 511 g/mol. The molecule has 4 rings (SSSR count). The van der Waals surface area contributed by atoms with Gasteiger partial charge in [-0.25, -0.2) is 14.3 Å². The topological polar surface area (TPSA) is 103 Å². The second-order valence-electron chi connectivity index (χ2n) is 8.38. The molecule has 1 saturated heterocycles. The number of benzene rings is 2. The standard InChI is InChI=1S/C26H27ClN4O5/c1-35-25(33)18-14-29-31(16-18)24(32)15-28-23-13-22(27)20(12-21(23)26(34)36-2)17-6-8-19(9-7-17)30-10-4-3-5-11-30/h6-9,12-14,16,28H,3-5,10-11,15H2,1-2H3. The van der Waals surface area contributed by atoms with Gasteiger partial charge in [-0.15, -0.1) is 0 Å². The summed E-state index contributed by atoms with van der Waals surface area (Å²) >= 11 is 6.60. The monoisotopic (exact) mass is 510 g/mol. The maximum Gasteiger partial charge on any atom is 0.341 e. The first-order valence-electron chi connectivity index (χ1n) is 11.6. The van der Waals surface area contributed by atoms with Crippen LogP contribution in [0.4, 0.5) is 11.4 Å². The Morgan fingerprint density at radius 1 is 1.00 bits per heavy atom. The van der Waals surface area contributed by atoms with Crippen molar-refractivity contribution >= 4 is 40.8 Å². The van der Waals surface area contributed by atoms with E-state index in [1.165, 1.54) is 45.9 Å². The molecule has 0 unspecified atom stereocenters. The van der Waals surface area contributed by atoms with E-state index in [4.69, 9.17) is 16.3 Å². The molecule has 0 saturated carbocycles. The molecule has 0 spiro atoms. The Balaban J connectivity index is 1.54. The number of nitrogens with zero attached hydrogens (tertiary/aromatic N) is 3. The summed E-state index contributed by atoms with van der Waals surface area (Å²) in [6.07, 6.45) is 6.18. The smallest absolute Gasteiger partial charge is 0.341 e. The predicted octanol–water partition coefficient (Wildman–Crippen LogP) is 4.52. The highest BCUT2D eigenvalue weighted by Gasteiger charge is 2.19. The molecule has 36 heavy (non-hydrogen) atoms. The Kier molecular flexibility index (Phi) is 7.90. The second kappa shape index (κ2) is 11.3. The van der Waals surface area contributed by atoms with E-state index < -0.39 is 17.8 Å². The number of hydrogen-bond acceptors (Lipinski definition) is 8. The van der Waals surface area contributed by atoms with Crippen LogP contribution >= 0.6 is 11.6 Å². The van der Waals surface area contributed by atoms with Crippen LogP contribution in [0, 0.1) is 0 Å². The fourth-order valence-electron chi connectivity index (χ4n) is 4.16. The third-order valence-electron chi connectivity index (χ3n) is 6.10. The first-order chi connectivity index (χ1) is 17.4. The molecule has 0 radical (unpaired) electrons. The largest absolute Gasteiger partial charge is 0.465 e. The molecule has 1 fully saturated rings. The number of aromatic nitrogens is 2. The van der Waals surface area contributed by atoms with E-state index in [1.54, 1.807) is 12.1 Å². The van der Waals surface area contributed by atoms with Crippen molar-refractivity contribution in [3.05, 3.63) is 64.9 Å². The molecule has 0 amide bonds. The summed E-state index contributed by atoms with van der Waals surface area (Å²) in [5.41, 5.74) is 3.43. The van der Waals surface area contributed by atoms with Gasteiger partial charge in [-0.1, -0.05) is 23.7 Å². The lowest BCUT2D eigenvalue weighted by molar-refractivity contribution is 0.0592. The van der Waals surface area contributed by atoms with E-state index in [2.05, 4.69) is 32.2 Å². The van der Waals surface area contributed by atoms with Crippen LogP contribution in [-0.2, 0) is 9.47 Å². The minimum Gasteiger partial charge on any atom is -0.465 e. The van der Waals surface area contributed by atoms with Crippen molar-refractivity contribution in [2.24, 2.45) is 0 Å². The molecule has 0 bridgehead atoms. The van der Waals surface area contributed by atoms with Gasteiger partial charge < -0.3 is 19.7 Å². The van der Waals surface area contributed by atoms with Crippen LogP contribution in [0.3, 0.4) is 0 Å². The van der Waals surface area contributed by atoms with Crippen LogP contribution in [0.25, 0.3) is 11.1 Å². The van der Waals surface area contributed by atoms with Gasteiger partial charge in [-0.05, 0) is 49.1 Å². The fourth-order valence-corrected chi connectivity index (χ4v) is 4.43. The second-order valence-corrected chi connectivity index (χ2v) is 8.78. The zero-order valence-electron chi connectivity index (χ0n) is 20.1. The molecular weight excluding hydrogens is 484 g/mol. The number of anilines is 2. The number of hydrogen-bond donors (Lipinski definition) is 1. The summed E-state index contributed by atoms with van der Waals surface area (Å²) in [6.45, 7) is 1.90. The van der Waals surface area contributed by atoms with E-state index in [1.807, 2.05) is 12.1 Å². The number of halogens is 1. The van der Waals surface area contributed by atoms with Gasteiger partial charge in [0, 0.05) is 30.5 Å². The SMILES string of the molecule is COC(=O)c1cnn(C(=O)CNc2cc(Cl)c(-c3ccc(N4CCCCC4)cc3)cc2C(=O)OC)c1. The Hall–Kier alpha value is -3.85. The molecule has 188 valence electrons. The van der Waals surface area contributed by atoms with Crippen molar-refractivity contribution in [2.45, 2.75) is 19.3 Å². The lowest BCUT2D eigenvalue weighted by atomic mass is 10.0. The Morgan fingerprint density at radius 3 is 2.36 bits per heavy atom. The van der Waals surface area contributed by atoms with Crippen LogP contribution in [0.1, 0.15) is 44.8 Å². The highest BCUT2D eigenvalue weighted by Crippen LogP contribution is 2.34. The lowest BCUT2D eigenvalue weighted by Crippen LogP contribution is -2.29. The Labute approximate surface area is 213 Å². The Morgan fingerprint density at radius 2 is 1.69 bits per heavy atom. The van der Waals surface area contributed by atoms with Gasteiger partial charge in [0.25, 0.3) is 5.91 Å². The molecule has 1 aliphatic heterocycles. The van der Waals surface area contributed by atoms with Gasteiger partial charge in [0.1, 0.15) is 0 Å². The molecule has 0 atom stereocenters. The normalized spacial score (nSPS) is 13.2. The number of esters is 2. The summed E-state index contributed by atoms with van der Waals surface area (Å²) in [5.74, 6) is -1.62. The van der Waals surface area contributed by atoms with E-state index in [9.17, 15) is 14.4 Å². The Bertz CT molecular complexity index is 1270. The van der Waals surface area contributed by atoms with E-state index >= 15 is 0 Å². The van der Waals surface area contributed by atoms with Crippen LogP contribution in [-0.4, -0.2) is 61.5 Å². The summed E-state index contributed by atoms with van der Waals surface area (Å²) in [4.78, 5) is 39.1. The summed E-state index contributed by atoms with van der Waals surface area (Å²) in [6, 6.07) is 11.3. The molecule has 10 heteroatoms. The van der Waals surface area contributed by atoms with Crippen molar-refractivity contribution in [3.63, 3.8) is 0 Å². The highest BCUT2D eigenvalue weighted by atomic mass is 35.5. The van der Waals surface area contributed by atoms with Crippen LogP contribution < -0.4 is 10.2 Å². The third kappa shape index (κ3) is 5.52. The zero-order valence-corrected chi connectivity index (χ0v) is 20.9. The van der Waals surface area contributed by atoms with Gasteiger partial charge in [0.2, 0.25) is 0 Å². The van der Waals surface area contributed by atoms with Gasteiger partial charge in [-0.2, -0.15) is 5.10 Å². The minimum atomic E-state index is -0.596. The van der Waals surface area contributed by atoms with Gasteiger partial charge in [0.05, 0.1) is 48.8 Å². The molecule has 0 aliphatic carbocycles. The summed E-state index contributed by atoms with van der Waals surface area (Å²) in [7, 11) is 2.53. The first kappa shape index (κ1) is 25.2. The number of rotatable bonds is 7. The number of carbonyl (C=O) groups excluding carboxylic acids is 3. The van der Waals surface area contributed by atoms with Gasteiger partial charge >= 0.3 is 11.9 Å². The van der Waals surface area contributed by atoms with Gasteiger partial charge in [-0.3, -0.25) is 4.79 Å². The number of piperidine rings is 1. The van der Waals surface area contributed by atoms with Crippen LogP contribution in [0.5, 0.6) is 0 Å². The molecule has 1 N–H and O–H groups in total. The summed E-state index contributed by atoms with van der Waals surface area (Å²) in [5, 5.41) is 7.23. The number of carbonyl (C=O) groups is 3. The predicted molar refractivity (Wildman–Crippen MR) is 137 cm³/mol. The van der Waals surface area contributed by atoms with E-state index in [0.717, 1.165) is 29.0 Å². The quantitative estimate of drug-likeness (QED) is 0.463. The maximum absolute atomic E-state index is 12.6. The first-order valence-corrected chi connectivity index (χ1v) is 12.0. The van der Waals surface area contributed by atoms with Crippen molar-refractivity contribution < 1.29 is 23.9 Å². The molecule has 9 nitrogen and oxygen atoms in total. The molecule has 3 aromatic rings. The van der Waals surface area contributed by atoms with Gasteiger partial charge in [0.15, 0.2) is 0 Å². The third-order valence-corrected chi connectivity index (χ3v) is 6.41. The summed E-state index contributed by atoms with van der Waals surface area (Å²) < 4.78 is 10.6. The molecular formula is C26H27ClN4O5. The fraction of sp³-hybridized carbons (Fsp3) is 0.308. The van der Waals surface area contributed by atoms with Crippen LogP contribution in [0.15, 0.2) is 48.8 Å². The number of ether oxygens (including phenoxy) is 2. The van der Waals surface area contributed by atoms with Crippen molar-refractivity contribution in [1.29, 1.82) is 0 Å². The van der Waals surface area contributed by atoms with E-state index in [0.29, 0.717) is 16.3 Å². The number of nitrogens with one attached hydrogen (secondary N) is 1. The number of methoxy groups -OCH3 is 2.